The number of aryl methyl sites for hydroxylation is 1. The first-order chi connectivity index (χ1) is 14.3. The molecule has 2 N–H and O–H groups in total. The summed E-state index contributed by atoms with van der Waals surface area (Å²) in [5.74, 6) is -0.403. The Morgan fingerprint density at radius 1 is 1.17 bits per heavy atom. The molecule has 0 unspecified atom stereocenters. The van der Waals surface area contributed by atoms with Gasteiger partial charge in [0.15, 0.2) is 5.11 Å². The molecule has 0 saturated carbocycles. The zero-order valence-corrected chi connectivity index (χ0v) is 18.2. The normalized spacial score (nSPS) is 14.3. The summed E-state index contributed by atoms with van der Waals surface area (Å²) in [5.41, 5.74) is 0.950. The SMILES string of the molecule is CCOC(=O)c1c(NC(=S)Nc2cccc(C(F)(F)F)c2)sc2c1CCCCCC2. The summed E-state index contributed by atoms with van der Waals surface area (Å²) in [7, 11) is 0. The molecular formula is C21H23F3N2O2S2. The van der Waals surface area contributed by atoms with Crippen molar-refractivity contribution in [2.45, 2.75) is 51.6 Å². The molecule has 9 heteroatoms. The third-order valence-corrected chi connectivity index (χ3v) is 6.24. The molecule has 0 atom stereocenters. The molecule has 1 aliphatic rings. The Morgan fingerprint density at radius 2 is 1.90 bits per heavy atom. The number of hydrogen-bond acceptors (Lipinski definition) is 4. The van der Waals surface area contributed by atoms with Crippen LogP contribution in [0.15, 0.2) is 24.3 Å². The van der Waals surface area contributed by atoms with E-state index in [1.807, 2.05) is 0 Å². The molecule has 0 amide bonds. The Kier molecular flexibility index (Phi) is 7.36. The molecule has 2 aromatic rings. The first-order valence-corrected chi connectivity index (χ1v) is 11.1. The number of benzene rings is 1. The van der Waals surface area contributed by atoms with Crippen LogP contribution in [-0.4, -0.2) is 17.7 Å². The van der Waals surface area contributed by atoms with E-state index in [1.165, 1.54) is 23.5 Å². The molecule has 30 heavy (non-hydrogen) atoms. The molecule has 0 fully saturated rings. The number of halogens is 3. The number of alkyl halides is 3. The van der Waals surface area contributed by atoms with Gasteiger partial charge >= 0.3 is 12.1 Å². The monoisotopic (exact) mass is 456 g/mol. The average molecular weight is 457 g/mol. The molecule has 0 bridgehead atoms. The summed E-state index contributed by atoms with van der Waals surface area (Å²) in [6.07, 6.45) is 1.59. The van der Waals surface area contributed by atoms with Gasteiger partial charge in [-0.3, -0.25) is 0 Å². The number of anilines is 2. The molecule has 4 nitrogen and oxygen atoms in total. The number of esters is 1. The number of carbonyl (C=O) groups is 1. The van der Waals surface area contributed by atoms with Gasteiger partial charge in [0.05, 0.1) is 17.7 Å². The van der Waals surface area contributed by atoms with E-state index in [0.29, 0.717) is 10.6 Å². The maximum Gasteiger partial charge on any atom is 0.416 e. The Hall–Kier alpha value is -2.13. The van der Waals surface area contributed by atoms with Gasteiger partial charge in [-0.1, -0.05) is 18.9 Å². The van der Waals surface area contributed by atoms with Gasteiger partial charge in [0, 0.05) is 10.6 Å². The van der Waals surface area contributed by atoms with Crippen LogP contribution < -0.4 is 10.6 Å². The lowest BCUT2D eigenvalue weighted by Crippen LogP contribution is -2.21. The highest BCUT2D eigenvalue weighted by Crippen LogP contribution is 2.38. The van der Waals surface area contributed by atoms with Crippen LogP contribution in [-0.2, 0) is 23.8 Å². The number of thiophene rings is 1. The van der Waals surface area contributed by atoms with Gasteiger partial charge in [0.25, 0.3) is 0 Å². The van der Waals surface area contributed by atoms with Crippen LogP contribution in [0, 0.1) is 0 Å². The third kappa shape index (κ3) is 5.51. The van der Waals surface area contributed by atoms with E-state index < -0.39 is 17.7 Å². The predicted octanol–water partition coefficient (Wildman–Crippen LogP) is 6.41. The molecule has 1 aliphatic carbocycles. The Morgan fingerprint density at radius 3 is 2.60 bits per heavy atom. The highest BCUT2D eigenvalue weighted by Gasteiger charge is 2.30. The van der Waals surface area contributed by atoms with Gasteiger partial charge in [-0.2, -0.15) is 13.2 Å². The van der Waals surface area contributed by atoms with Crippen molar-refractivity contribution >= 4 is 45.3 Å². The first kappa shape index (κ1) is 22.6. The van der Waals surface area contributed by atoms with Gasteiger partial charge in [-0.25, -0.2) is 4.79 Å². The van der Waals surface area contributed by atoms with Crippen molar-refractivity contribution < 1.29 is 22.7 Å². The molecule has 1 heterocycles. The topological polar surface area (TPSA) is 50.4 Å². The predicted molar refractivity (Wildman–Crippen MR) is 117 cm³/mol. The van der Waals surface area contributed by atoms with Gasteiger partial charge in [-0.15, -0.1) is 11.3 Å². The first-order valence-electron chi connectivity index (χ1n) is 9.86. The largest absolute Gasteiger partial charge is 0.462 e. The summed E-state index contributed by atoms with van der Waals surface area (Å²) < 4.78 is 44.1. The number of hydrogen-bond donors (Lipinski definition) is 2. The van der Waals surface area contributed by atoms with Crippen molar-refractivity contribution in [3.8, 4) is 0 Å². The van der Waals surface area contributed by atoms with Gasteiger partial charge < -0.3 is 15.4 Å². The fourth-order valence-corrected chi connectivity index (χ4v) is 5.03. The zero-order valence-electron chi connectivity index (χ0n) is 16.5. The maximum absolute atomic E-state index is 12.9. The average Bonchev–Trinajstić information content (AvgIpc) is 2.97. The standard InChI is InChI=1S/C21H23F3N2O2S2/c1-2-28-19(27)17-15-10-5-3-4-6-11-16(15)30-18(17)26-20(29)25-14-9-7-8-13(12-14)21(22,23)24/h7-9,12H,2-6,10-11H2,1H3,(H2,25,26,29). The van der Waals surface area contributed by atoms with Crippen LogP contribution >= 0.6 is 23.6 Å². The summed E-state index contributed by atoms with van der Waals surface area (Å²) in [4.78, 5) is 13.8. The van der Waals surface area contributed by atoms with E-state index in [9.17, 15) is 18.0 Å². The maximum atomic E-state index is 12.9. The fourth-order valence-electron chi connectivity index (χ4n) is 3.47. The minimum Gasteiger partial charge on any atom is -0.462 e. The molecule has 0 spiro atoms. The fraction of sp³-hybridized carbons (Fsp3) is 0.429. The van der Waals surface area contributed by atoms with Crippen LogP contribution in [0.25, 0.3) is 0 Å². The van der Waals surface area contributed by atoms with E-state index in [2.05, 4.69) is 10.6 Å². The van der Waals surface area contributed by atoms with E-state index >= 15 is 0 Å². The molecule has 0 radical (unpaired) electrons. The summed E-state index contributed by atoms with van der Waals surface area (Å²) in [6, 6.07) is 4.81. The van der Waals surface area contributed by atoms with Gasteiger partial charge in [-0.05, 0) is 68.6 Å². The molecule has 1 aromatic heterocycles. The molecular weight excluding hydrogens is 433 g/mol. The second-order valence-corrected chi connectivity index (χ2v) is 8.51. The number of nitrogens with one attached hydrogen (secondary N) is 2. The Balaban J connectivity index is 1.84. The zero-order chi connectivity index (χ0) is 21.7. The minimum absolute atomic E-state index is 0.120. The lowest BCUT2D eigenvalue weighted by atomic mass is 9.96. The van der Waals surface area contributed by atoms with Gasteiger partial charge in [0.2, 0.25) is 0 Å². The molecule has 3 rings (SSSR count). The highest BCUT2D eigenvalue weighted by molar-refractivity contribution is 7.80. The van der Waals surface area contributed by atoms with Crippen molar-refractivity contribution in [2.75, 3.05) is 17.2 Å². The quantitative estimate of drug-likeness (QED) is 0.411. The van der Waals surface area contributed by atoms with E-state index in [0.717, 1.165) is 61.1 Å². The van der Waals surface area contributed by atoms with Crippen LogP contribution in [0.5, 0.6) is 0 Å². The lowest BCUT2D eigenvalue weighted by Gasteiger charge is -2.13. The minimum atomic E-state index is -4.44. The van der Waals surface area contributed by atoms with Crippen LogP contribution in [0.3, 0.4) is 0 Å². The van der Waals surface area contributed by atoms with Crippen LogP contribution in [0.4, 0.5) is 23.9 Å². The van der Waals surface area contributed by atoms with Crippen LogP contribution in [0.2, 0.25) is 0 Å². The number of rotatable bonds is 4. The Bertz CT molecular complexity index is 925. The summed E-state index contributed by atoms with van der Waals surface area (Å²) in [5, 5.41) is 6.49. The number of carbonyl (C=O) groups excluding carboxylic acids is 1. The Labute approximate surface area is 182 Å². The number of ether oxygens (including phenoxy) is 1. The van der Waals surface area contributed by atoms with Gasteiger partial charge in [0.1, 0.15) is 5.00 Å². The highest BCUT2D eigenvalue weighted by atomic mass is 32.1. The van der Waals surface area contributed by atoms with Crippen molar-refractivity contribution in [3.63, 3.8) is 0 Å². The number of fused-ring (bicyclic) bond motifs is 1. The van der Waals surface area contributed by atoms with Crippen molar-refractivity contribution in [1.82, 2.24) is 0 Å². The molecule has 0 saturated heterocycles. The number of thiocarbonyl (C=S) groups is 1. The molecule has 162 valence electrons. The molecule has 1 aromatic carbocycles. The summed E-state index contributed by atoms with van der Waals surface area (Å²) >= 11 is 6.78. The second-order valence-electron chi connectivity index (χ2n) is 7.00. The van der Waals surface area contributed by atoms with Crippen molar-refractivity contribution in [2.24, 2.45) is 0 Å². The van der Waals surface area contributed by atoms with E-state index in [4.69, 9.17) is 17.0 Å². The third-order valence-electron chi connectivity index (χ3n) is 4.83. The van der Waals surface area contributed by atoms with Crippen molar-refractivity contribution in [1.29, 1.82) is 0 Å². The van der Waals surface area contributed by atoms with Crippen LogP contribution in [0.1, 0.15) is 59.0 Å². The summed E-state index contributed by atoms with van der Waals surface area (Å²) in [6.45, 7) is 2.01. The second kappa shape index (κ2) is 9.78. The van der Waals surface area contributed by atoms with E-state index in [-0.39, 0.29) is 17.4 Å². The molecule has 0 aliphatic heterocycles. The smallest absolute Gasteiger partial charge is 0.416 e. The lowest BCUT2D eigenvalue weighted by molar-refractivity contribution is -0.137. The van der Waals surface area contributed by atoms with Crippen molar-refractivity contribution in [3.05, 3.63) is 45.8 Å². The van der Waals surface area contributed by atoms with E-state index in [1.54, 1.807) is 6.92 Å².